The summed E-state index contributed by atoms with van der Waals surface area (Å²) in [6, 6.07) is 12.2. The molecule has 0 aromatic heterocycles. The summed E-state index contributed by atoms with van der Waals surface area (Å²) < 4.78 is 15.7. The molecule has 1 aliphatic heterocycles. The third-order valence-corrected chi connectivity index (χ3v) is 4.27. The standard InChI is InChI=1S/C20H21NO5/c1-13(2)21(11-14-7-6-10-17-18(14)26-12-25-17)19(22)15-8-4-5-9-16(15)20(23)24-3/h4-10,13H,11-12H2,1-3H3. The van der Waals surface area contributed by atoms with Crippen molar-refractivity contribution in [3.8, 4) is 11.5 Å². The molecule has 0 bridgehead atoms. The van der Waals surface area contributed by atoms with Gasteiger partial charge >= 0.3 is 5.97 Å². The quantitative estimate of drug-likeness (QED) is 0.771. The highest BCUT2D eigenvalue weighted by Gasteiger charge is 2.26. The number of esters is 1. The second-order valence-corrected chi connectivity index (χ2v) is 6.21. The van der Waals surface area contributed by atoms with Crippen LogP contribution in [-0.2, 0) is 11.3 Å². The van der Waals surface area contributed by atoms with Crippen molar-refractivity contribution in [3.63, 3.8) is 0 Å². The van der Waals surface area contributed by atoms with E-state index in [1.807, 2.05) is 32.0 Å². The van der Waals surface area contributed by atoms with Crippen LogP contribution in [0.5, 0.6) is 11.5 Å². The van der Waals surface area contributed by atoms with Crippen molar-refractivity contribution in [1.29, 1.82) is 0 Å². The van der Waals surface area contributed by atoms with Crippen molar-refractivity contribution in [1.82, 2.24) is 4.90 Å². The fourth-order valence-corrected chi connectivity index (χ4v) is 2.90. The molecule has 26 heavy (non-hydrogen) atoms. The van der Waals surface area contributed by atoms with Gasteiger partial charge in [0.05, 0.1) is 24.8 Å². The molecule has 0 N–H and O–H groups in total. The lowest BCUT2D eigenvalue weighted by Gasteiger charge is -2.28. The van der Waals surface area contributed by atoms with E-state index in [-0.39, 0.29) is 24.3 Å². The maximum Gasteiger partial charge on any atom is 0.338 e. The smallest absolute Gasteiger partial charge is 0.338 e. The molecule has 0 saturated heterocycles. The van der Waals surface area contributed by atoms with E-state index in [0.29, 0.717) is 23.6 Å². The molecule has 0 saturated carbocycles. The molecule has 136 valence electrons. The summed E-state index contributed by atoms with van der Waals surface area (Å²) >= 11 is 0. The van der Waals surface area contributed by atoms with E-state index in [1.165, 1.54) is 7.11 Å². The number of nitrogens with zero attached hydrogens (tertiary/aromatic N) is 1. The van der Waals surface area contributed by atoms with Gasteiger partial charge in [0, 0.05) is 11.6 Å². The maximum atomic E-state index is 13.2. The van der Waals surface area contributed by atoms with Crippen molar-refractivity contribution >= 4 is 11.9 Å². The predicted octanol–water partition coefficient (Wildman–Crippen LogP) is 3.25. The largest absolute Gasteiger partial charge is 0.465 e. The van der Waals surface area contributed by atoms with Gasteiger partial charge in [-0.05, 0) is 32.0 Å². The van der Waals surface area contributed by atoms with Crippen LogP contribution in [0.2, 0.25) is 0 Å². The first-order valence-electron chi connectivity index (χ1n) is 8.38. The summed E-state index contributed by atoms with van der Waals surface area (Å²) in [7, 11) is 1.30. The first kappa shape index (κ1) is 17.8. The van der Waals surface area contributed by atoms with E-state index in [4.69, 9.17) is 14.2 Å². The number of methoxy groups -OCH3 is 1. The molecular weight excluding hydrogens is 334 g/mol. The van der Waals surface area contributed by atoms with Crippen LogP contribution in [0.1, 0.15) is 40.1 Å². The molecule has 1 amide bonds. The van der Waals surface area contributed by atoms with Crippen LogP contribution < -0.4 is 9.47 Å². The van der Waals surface area contributed by atoms with Crippen LogP contribution in [0.15, 0.2) is 42.5 Å². The summed E-state index contributed by atoms with van der Waals surface area (Å²) in [5, 5.41) is 0. The van der Waals surface area contributed by atoms with Crippen LogP contribution in [0.25, 0.3) is 0 Å². The van der Waals surface area contributed by atoms with Gasteiger partial charge in [-0.15, -0.1) is 0 Å². The Hall–Kier alpha value is -3.02. The number of benzene rings is 2. The molecule has 0 atom stereocenters. The summed E-state index contributed by atoms with van der Waals surface area (Å²) in [6.45, 7) is 4.38. The molecular formula is C20H21NO5. The van der Waals surface area contributed by atoms with Gasteiger partial charge in [0.1, 0.15) is 0 Å². The molecule has 6 heteroatoms. The van der Waals surface area contributed by atoms with Gasteiger partial charge in [-0.3, -0.25) is 4.79 Å². The normalized spacial score (nSPS) is 12.2. The lowest BCUT2D eigenvalue weighted by atomic mass is 10.0. The van der Waals surface area contributed by atoms with Crippen molar-refractivity contribution in [3.05, 3.63) is 59.2 Å². The lowest BCUT2D eigenvalue weighted by Crippen LogP contribution is -2.37. The molecule has 3 rings (SSSR count). The average Bonchev–Trinajstić information content (AvgIpc) is 3.14. The molecule has 0 radical (unpaired) electrons. The SMILES string of the molecule is COC(=O)c1ccccc1C(=O)N(Cc1cccc2c1OCO2)C(C)C. The summed E-state index contributed by atoms with van der Waals surface area (Å²) in [5.74, 6) is 0.563. The minimum absolute atomic E-state index is 0.0774. The fourth-order valence-electron chi connectivity index (χ4n) is 2.90. The van der Waals surface area contributed by atoms with Gasteiger partial charge < -0.3 is 19.1 Å². The molecule has 2 aromatic carbocycles. The summed E-state index contributed by atoms with van der Waals surface area (Å²) in [6.07, 6.45) is 0. The summed E-state index contributed by atoms with van der Waals surface area (Å²) in [5.41, 5.74) is 1.43. The Morgan fingerprint density at radius 1 is 1.08 bits per heavy atom. The number of hydrogen-bond donors (Lipinski definition) is 0. The van der Waals surface area contributed by atoms with Crippen molar-refractivity contribution < 1.29 is 23.8 Å². The van der Waals surface area contributed by atoms with E-state index in [1.54, 1.807) is 29.2 Å². The lowest BCUT2D eigenvalue weighted by molar-refractivity contribution is 0.0583. The number of hydrogen-bond acceptors (Lipinski definition) is 5. The van der Waals surface area contributed by atoms with E-state index in [9.17, 15) is 9.59 Å². The van der Waals surface area contributed by atoms with Gasteiger partial charge in [0.15, 0.2) is 11.5 Å². The maximum absolute atomic E-state index is 13.2. The van der Waals surface area contributed by atoms with Crippen LogP contribution in [-0.4, -0.2) is 36.7 Å². The van der Waals surface area contributed by atoms with Crippen LogP contribution >= 0.6 is 0 Å². The number of amides is 1. The first-order valence-corrected chi connectivity index (χ1v) is 8.38. The Bertz CT molecular complexity index is 831. The fraction of sp³-hybridized carbons (Fsp3) is 0.300. The molecule has 2 aromatic rings. The molecule has 0 aliphatic carbocycles. The monoisotopic (exact) mass is 355 g/mol. The summed E-state index contributed by atoms with van der Waals surface area (Å²) in [4.78, 5) is 26.9. The molecule has 0 spiro atoms. The Labute approximate surface area is 152 Å². The Balaban J connectivity index is 1.94. The van der Waals surface area contributed by atoms with E-state index < -0.39 is 5.97 Å². The average molecular weight is 355 g/mol. The predicted molar refractivity (Wildman–Crippen MR) is 95.4 cm³/mol. The number of carbonyl (C=O) groups is 2. The minimum Gasteiger partial charge on any atom is -0.465 e. The zero-order valence-corrected chi connectivity index (χ0v) is 15.0. The van der Waals surface area contributed by atoms with Gasteiger partial charge in [0.25, 0.3) is 5.91 Å². The number of fused-ring (bicyclic) bond motifs is 1. The van der Waals surface area contributed by atoms with E-state index in [0.717, 1.165) is 5.56 Å². The Kier molecular flexibility index (Phi) is 5.11. The van der Waals surface area contributed by atoms with Crippen LogP contribution in [0.4, 0.5) is 0 Å². The second kappa shape index (κ2) is 7.47. The third kappa shape index (κ3) is 3.35. The molecule has 1 aliphatic rings. The van der Waals surface area contributed by atoms with Crippen LogP contribution in [0.3, 0.4) is 0 Å². The van der Waals surface area contributed by atoms with Gasteiger partial charge in [-0.25, -0.2) is 4.79 Å². The minimum atomic E-state index is -0.532. The molecule has 1 heterocycles. The first-order chi connectivity index (χ1) is 12.5. The van der Waals surface area contributed by atoms with E-state index >= 15 is 0 Å². The topological polar surface area (TPSA) is 65.1 Å². The highest BCUT2D eigenvalue weighted by Crippen LogP contribution is 2.36. The number of rotatable bonds is 5. The van der Waals surface area contributed by atoms with Crippen LogP contribution in [0, 0.1) is 0 Å². The van der Waals surface area contributed by atoms with Gasteiger partial charge in [0.2, 0.25) is 6.79 Å². The van der Waals surface area contributed by atoms with Crippen molar-refractivity contribution in [2.24, 2.45) is 0 Å². The zero-order chi connectivity index (χ0) is 18.7. The third-order valence-electron chi connectivity index (χ3n) is 4.27. The number of ether oxygens (including phenoxy) is 3. The van der Waals surface area contributed by atoms with Gasteiger partial charge in [-0.1, -0.05) is 24.3 Å². The highest BCUT2D eigenvalue weighted by atomic mass is 16.7. The molecule has 0 unspecified atom stereocenters. The number of para-hydroxylation sites is 1. The Morgan fingerprint density at radius 3 is 2.50 bits per heavy atom. The zero-order valence-electron chi connectivity index (χ0n) is 15.0. The number of carbonyl (C=O) groups excluding carboxylic acids is 2. The van der Waals surface area contributed by atoms with Gasteiger partial charge in [-0.2, -0.15) is 0 Å². The van der Waals surface area contributed by atoms with Crippen molar-refractivity contribution in [2.45, 2.75) is 26.4 Å². The highest BCUT2D eigenvalue weighted by molar-refractivity contribution is 6.05. The molecule has 0 fully saturated rings. The molecule has 6 nitrogen and oxygen atoms in total. The van der Waals surface area contributed by atoms with E-state index in [2.05, 4.69) is 0 Å². The second-order valence-electron chi connectivity index (χ2n) is 6.21. The Morgan fingerprint density at radius 2 is 1.81 bits per heavy atom. The van der Waals surface area contributed by atoms with Crippen molar-refractivity contribution in [2.75, 3.05) is 13.9 Å².